The van der Waals surface area contributed by atoms with Gasteiger partial charge in [0.05, 0.1) is 43.2 Å². The summed E-state index contributed by atoms with van der Waals surface area (Å²) in [6, 6.07) is 3.41. The van der Waals surface area contributed by atoms with Crippen LogP contribution in [-0.2, 0) is 23.8 Å². The van der Waals surface area contributed by atoms with Crippen molar-refractivity contribution < 1.29 is 39.1 Å². The highest BCUT2D eigenvalue weighted by atomic mass is 32.1. The van der Waals surface area contributed by atoms with Crippen molar-refractivity contribution in [3.63, 3.8) is 0 Å². The van der Waals surface area contributed by atoms with Gasteiger partial charge in [-0.15, -0.1) is 11.3 Å². The first-order valence-electron chi connectivity index (χ1n) is 7.80. The summed E-state index contributed by atoms with van der Waals surface area (Å²) in [5.74, 6) is -2.62. The Balaban J connectivity index is 2.03. The Morgan fingerprint density at radius 1 is 1.46 bits per heavy atom. The largest absolute Gasteiger partial charge is 0.481 e. The highest BCUT2D eigenvalue weighted by Crippen LogP contribution is 2.13. The Morgan fingerprint density at radius 3 is 2.92 bits per heavy atom. The monoisotopic (exact) mass is 386 g/mol. The molecule has 0 unspecified atom stereocenters. The predicted molar refractivity (Wildman–Crippen MR) is 91.7 cm³/mol. The van der Waals surface area contributed by atoms with Crippen LogP contribution in [0.25, 0.3) is 0 Å². The highest BCUT2D eigenvalue weighted by molar-refractivity contribution is 7.13. The van der Waals surface area contributed by atoms with Crippen molar-refractivity contribution in [1.82, 2.24) is 5.32 Å². The molecule has 1 aromatic rings. The van der Waals surface area contributed by atoms with Gasteiger partial charge in [-0.05, 0) is 11.4 Å². The van der Waals surface area contributed by atoms with Gasteiger partial charge in [-0.2, -0.15) is 0 Å². The van der Waals surface area contributed by atoms with Gasteiger partial charge in [0.2, 0.25) is 0 Å². The van der Waals surface area contributed by atoms with Gasteiger partial charge in [0, 0.05) is 0 Å². The lowest BCUT2D eigenvalue weighted by Gasteiger charge is -2.19. The molecule has 26 heavy (non-hydrogen) atoms. The minimum Gasteiger partial charge on any atom is -0.481 e. The Hall–Kier alpha value is -1.99. The Labute approximate surface area is 153 Å². The molecule has 1 fully saturated rings. The van der Waals surface area contributed by atoms with Crippen LogP contribution in [0.3, 0.4) is 0 Å². The third-order valence-electron chi connectivity index (χ3n) is 3.30. The van der Waals surface area contributed by atoms with E-state index in [1.165, 1.54) is 11.3 Å². The lowest BCUT2D eigenvalue weighted by atomic mass is 9.79. The molecule has 1 saturated heterocycles. The number of oxime groups is 1. The van der Waals surface area contributed by atoms with E-state index in [9.17, 15) is 14.6 Å². The van der Waals surface area contributed by atoms with Gasteiger partial charge in [-0.25, -0.2) is 0 Å². The SMILES string of the molecule is O=C(O)C[C@H]1COC[C@H](NC(=O)/C(=N\OCCO)c2cccs2)B(O)O1. The lowest BCUT2D eigenvalue weighted by molar-refractivity contribution is -0.139. The second-order valence-corrected chi connectivity index (χ2v) is 6.29. The summed E-state index contributed by atoms with van der Waals surface area (Å²) >= 11 is 1.27. The van der Waals surface area contributed by atoms with Crippen molar-refractivity contribution in [1.29, 1.82) is 0 Å². The second kappa shape index (κ2) is 10.2. The van der Waals surface area contributed by atoms with E-state index >= 15 is 0 Å². The highest BCUT2D eigenvalue weighted by Gasteiger charge is 2.36. The molecule has 12 heteroatoms. The first-order chi connectivity index (χ1) is 12.5. The summed E-state index contributed by atoms with van der Waals surface area (Å²) in [5.41, 5.74) is -0.0213. The molecule has 0 aromatic carbocycles. The van der Waals surface area contributed by atoms with Crippen molar-refractivity contribution in [3.05, 3.63) is 22.4 Å². The van der Waals surface area contributed by atoms with E-state index < -0.39 is 31.0 Å². The molecule has 1 aliphatic heterocycles. The number of nitrogens with one attached hydrogen (secondary N) is 1. The van der Waals surface area contributed by atoms with Crippen molar-refractivity contribution in [2.75, 3.05) is 26.4 Å². The third kappa shape index (κ3) is 6.07. The van der Waals surface area contributed by atoms with Crippen LogP contribution < -0.4 is 5.32 Å². The maximum absolute atomic E-state index is 12.5. The number of rotatable bonds is 8. The number of aliphatic hydroxyl groups excluding tert-OH is 1. The molecule has 1 aromatic heterocycles. The van der Waals surface area contributed by atoms with Crippen LogP contribution in [0.15, 0.2) is 22.7 Å². The molecular weight excluding hydrogens is 367 g/mol. The molecular formula is C14H19BN2O8S. The van der Waals surface area contributed by atoms with Gasteiger partial charge in [0.1, 0.15) is 6.61 Å². The standard InChI is InChI=1S/C14H19BN2O8S/c18-3-4-24-17-13(10-2-1-5-26-10)14(21)16-11-8-23-7-9(6-12(19)20)25-15(11)22/h1-2,5,9,11,18,22H,3-4,6-8H2,(H,16,21)(H,19,20)/b17-13-/t9-,11-/m0/s1. The van der Waals surface area contributed by atoms with Crippen molar-refractivity contribution in [3.8, 4) is 0 Å². The zero-order chi connectivity index (χ0) is 18.9. The fourth-order valence-corrected chi connectivity index (χ4v) is 2.86. The number of hydrogen-bond donors (Lipinski definition) is 4. The Kier molecular flexibility index (Phi) is 8.00. The number of carboxylic acid groups (broad SMARTS) is 1. The van der Waals surface area contributed by atoms with E-state index in [1.807, 2.05) is 0 Å². The van der Waals surface area contributed by atoms with Crippen LogP contribution >= 0.6 is 11.3 Å². The van der Waals surface area contributed by atoms with Gasteiger partial charge < -0.3 is 34.8 Å². The summed E-state index contributed by atoms with van der Waals surface area (Å²) in [5, 5.41) is 35.7. The van der Waals surface area contributed by atoms with Crippen molar-refractivity contribution >= 4 is 36.0 Å². The third-order valence-corrected chi connectivity index (χ3v) is 4.18. The predicted octanol–water partition coefficient (Wildman–Crippen LogP) is -1.14. The molecule has 0 aliphatic carbocycles. The van der Waals surface area contributed by atoms with Crippen LogP contribution in [0, 0.1) is 0 Å². The molecule has 4 N–H and O–H groups in total. The number of carbonyl (C=O) groups excluding carboxylic acids is 1. The summed E-state index contributed by atoms with van der Waals surface area (Å²) in [6.07, 6.45) is -1.14. The molecule has 0 spiro atoms. The van der Waals surface area contributed by atoms with Crippen LogP contribution in [-0.4, -0.2) is 78.4 Å². The van der Waals surface area contributed by atoms with Gasteiger partial charge in [0.25, 0.3) is 5.91 Å². The average Bonchev–Trinajstić information content (AvgIpc) is 3.05. The molecule has 2 atom stereocenters. The lowest BCUT2D eigenvalue weighted by Crippen LogP contribution is -2.52. The molecule has 0 radical (unpaired) electrons. The zero-order valence-electron chi connectivity index (χ0n) is 13.7. The van der Waals surface area contributed by atoms with Gasteiger partial charge in [0.15, 0.2) is 5.71 Å². The van der Waals surface area contributed by atoms with Gasteiger partial charge >= 0.3 is 13.1 Å². The topological polar surface area (TPSA) is 147 Å². The molecule has 0 bridgehead atoms. The summed E-state index contributed by atoms with van der Waals surface area (Å²) in [7, 11) is -1.44. The van der Waals surface area contributed by atoms with Crippen molar-refractivity contribution in [2.24, 2.45) is 5.16 Å². The Morgan fingerprint density at radius 2 is 2.27 bits per heavy atom. The number of thiophene rings is 1. The van der Waals surface area contributed by atoms with Gasteiger partial charge in [-0.3, -0.25) is 9.59 Å². The van der Waals surface area contributed by atoms with E-state index in [0.717, 1.165) is 0 Å². The first-order valence-corrected chi connectivity index (χ1v) is 8.68. The quantitative estimate of drug-likeness (QED) is 0.190. The van der Waals surface area contributed by atoms with Crippen LogP contribution in [0.4, 0.5) is 0 Å². The molecule has 10 nitrogen and oxygen atoms in total. The van der Waals surface area contributed by atoms with Crippen LogP contribution in [0.5, 0.6) is 0 Å². The molecule has 142 valence electrons. The second-order valence-electron chi connectivity index (χ2n) is 5.34. The average molecular weight is 386 g/mol. The number of aliphatic carboxylic acids is 1. The van der Waals surface area contributed by atoms with E-state index in [0.29, 0.717) is 4.88 Å². The fourth-order valence-electron chi connectivity index (χ4n) is 2.15. The normalized spacial score (nSPS) is 21.2. The minimum atomic E-state index is -1.44. The number of carbonyl (C=O) groups is 2. The first kappa shape index (κ1) is 20.3. The van der Waals surface area contributed by atoms with E-state index in [2.05, 4.69) is 10.5 Å². The summed E-state index contributed by atoms with van der Waals surface area (Å²) < 4.78 is 10.5. The summed E-state index contributed by atoms with van der Waals surface area (Å²) in [6.45, 7) is -0.395. The minimum absolute atomic E-state index is 0.0127. The number of nitrogens with zero attached hydrogens (tertiary/aromatic N) is 1. The van der Waals surface area contributed by atoms with Gasteiger partial charge in [-0.1, -0.05) is 11.2 Å². The van der Waals surface area contributed by atoms with E-state index in [1.54, 1.807) is 17.5 Å². The Bertz CT molecular complexity index is 626. The van der Waals surface area contributed by atoms with Crippen molar-refractivity contribution in [2.45, 2.75) is 18.5 Å². The molecule has 2 heterocycles. The molecule has 1 aliphatic rings. The van der Waals surface area contributed by atoms with E-state index in [4.69, 9.17) is 24.4 Å². The smallest absolute Gasteiger partial charge is 0.480 e. The van der Waals surface area contributed by atoms with Crippen LogP contribution in [0.2, 0.25) is 0 Å². The van der Waals surface area contributed by atoms with E-state index in [-0.39, 0.29) is 38.6 Å². The van der Waals surface area contributed by atoms with Crippen LogP contribution in [0.1, 0.15) is 11.3 Å². The number of amides is 1. The maximum Gasteiger partial charge on any atom is 0.480 e. The molecule has 0 saturated carbocycles. The number of hydrogen-bond acceptors (Lipinski definition) is 9. The summed E-state index contributed by atoms with van der Waals surface area (Å²) in [4.78, 5) is 28.7. The maximum atomic E-state index is 12.5. The number of ether oxygens (including phenoxy) is 1. The zero-order valence-corrected chi connectivity index (χ0v) is 14.6. The fraction of sp³-hybridized carbons (Fsp3) is 0.500. The number of carboxylic acids is 1. The molecule has 1 amide bonds. The molecule has 2 rings (SSSR count). The number of aliphatic hydroxyl groups is 1.